The van der Waals surface area contributed by atoms with Crippen molar-refractivity contribution in [2.24, 2.45) is 0 Å². The third kappa shape index (κ3) is 2.99. The Kier molecular flexibility index (Phi) is 4.08. The van der Waals surface area contributed by atoms with Gasteiger partial charge in [-0.3, -0.25) is 0 Å². The van der Waals surface area contributed by atoms with E-state index < -0.39 is 0 Å². The molecule has 0 aliphatic heterocycles. The van der Waals surface area contributed by atoms with Gasteiger partial charge in [-0.1, -0.05) is 12.1 Å². The summed E-state index contributed by atoms with van der Waals surface area (Å²) >= 11 is 0. The van der Waals surface area contributed by atoms with Gasteiger partial charge in [0.25, 0.3) is 0 Å². The first-order valence-corrected chi connectivity index (χ1v) is 6.46. The number of anilines is 2. The van der Waals surface area contributed by atoms with Gasteiger partial charge in [-0.15, -0.1) is 0 Å². The molecule has 0 aliphatic carbocycles. The van der Waals surface area contributed by atoms with Gasteiger partial charge in [-0.25, -0.2) is 9.97 Å². The zero-order valence-corrected chi connectivity index (χ0v) is 12.3. The van der Waals surface area contributed by atoms with Crippen molar-refractivity contribution in [1.29, 1.82) is 0 Å². The predicted octanol–water partition coefficient (Wildman–Crippen LogP) is 2.32. The number of benzene rings is 1. The van der Waals surface area contributed by atoms with Crippen LogP contribution in [-0.4, -0.2) is 24.1 Å². The Morgan fingerprint density at radius 3 is 2.40 bits per heavy atom. The SMILES string of the molecule is COc1ccc(CN(C)c2nc(C)nc(N)c2C)cc1. The van der Waals surface area contributed by atoms with E-state index in [2.05, 4.69) is 14.9 Å². The number of nitrogen functional groups attached to an aromatic ring is 1. The zero-order chi connectivity index (χ0) is 14.7. The second kappa shape index (κ2) is 5.77. The van der Waals surface area contributed by atoms with Gasteiger partial charge >= 0.3 is 0 Å². The molecule has 0 atom stereocenters. The van der Waals surface area contributed by atoms with Crippen LogP contribution >= 0.6 is 0 Å². The molecule has 5 nitrogen and oxygen atoms in total. The van der Waals surface area contributed by atoms with Crippen molar-refractivity contribution in [3.63, 3.8) is 0 Å². The van der Waals surface area contributed by atoms with E-state index in [1.165, 1.54) is 5.56 Å². The van der Waals surface area contributed by atoms with E-state index in [-0.39, 0.29) is 0 Å². The maximum atomic E-state index is 5.90. The van der Waals surface area contributed by atoms with E-state index in [4.69, 9.17) is 10.5 Å². The number of hydrogen-bond donors (Lipinski definition) is 1. The highest BCUT2D eigenvalue weighted by atomic mass is 16.5. The Balaban J connectivity index is 2.21. The number of aromatic nitrogens is 2. The average Bonchev–Trinajstić information content (AvgIpc) is 2.43. The van der Waals surface area contributed by atoms with E-state index in [1.54, 1.807) is 7.11 Å². The largest absolute Gasteiger partial charge is 0.497 e. The molecule has 2 aromatic rings. The first kappa shape index (κ1) is 14.1. The summed E-state index contributed by atoms with van der Waals surface area (Å²) in [5.74, 6) is 2.94. The lowest BCUT2D eigenvalue weighted by Gasteiger charge is -2.21. The fourth-order valence-corrected chi connectivity index (χ4v) is 2.09. The van der Waals surface area contributed by atoms with Crippen LogP contribution in [0.3, 0.4) is 0 Å². The van der Waals surface area contributed by atoms with Crippen molar-refractivity contribution in [3.8, 4) is 5.75 Å². The molecule has 20 heavy (non-hydrogen) atoms. The normalized spacial score (nSPS) is 10.4. The monoisotopic (exact) mass is 272 g/mol. The topological polar surface area (TPSA) is 64.3 Å². The van der Waals surface area contributed by atoms with Crippen LogP contribution in [0.2, 0.25) is 0 Å². The molecular formula is C15H20N4O. The molecule has 2 rings (SSSR count). The molecular weight excluding hydrogens is 252 g/mol. The Morgan fingerprint density at radius 1 is 1.15 bits per heavy atom. The number of rotatable bonds is 4. The highest BCUT2D eigenvalue weighted by Crippen LogP contribution is 2.22. The molecule has 1 aromatic heterocycles. The molecule has 0 saturated heterocycles. The molecule has 0 spiro atoms. The van der Waals surface area contributed by atoms with Crippen LogP contribution in [0.15, 0.2) is 24.3 Å². The number of ether oxygens (including phenoxy) is 1. The van der Waals surface area contributed by atoms with Gasteiger partial charge in [0.15, 0.2) is 0 Å². The standard InChI is InChI=1S/C15H20N4O/c1-10-14(16)17-11(2)18-15(10)19(3)9-12-5-7-13(20-4)8-6-12/h5-8H,9H2,1-4H3,(H2,16,17,18). The minimum absolute atomic E-state index is 0.536. The van der Waals surface area contributed by atoms with Crippen LogP contribution < -0.4 is 15.4 Å². The van der Waals surface area contributed by atoms with Gasteiger partial charge in [0.2, 0.25) is 0 Å². The molecule has 0 amide bonds. The van der Waals surface area contributed by atoms with E-state index in [1.807, 2.05) is 45.2 Å². The molecule has 1 heterocycles. The number of methoxy groups -OCH3 is 1. The Bertz CT molecular complexity index is 596. The summed E-state index contributed by atoms with van der Waals surface area (Å²) < 4.78 is 5.16. The summed E-state index contributed by atoms with van der Waals surface area (Å²) in [7, 11) is 3.66. The zero-order valence-electron chi connectivity index (χ0n) is 12.3. The number of nitrogens with two attached hydrogens (primary N) is 1. The smallest absolute Gasteiger partial charge is 0.137 e. The Hall–Kier alpha value is -2.30. The molecule has 5 heteroatoms. The summed E-state index contributed by atoms with van der Waals surface area (Å²) in [6.45, 7) is 4.54. The Labute approximate surface area is 119 Å². The molecule has 0 unspecified atom stereocenters. The summed E-state index contributed by atoms with van der Waals surface area (Å²) in [5, 5.41) is 0. The second-order valence-corrected chi connectivity index (χ2v) is 4.81. The maximum absolute atomic E-state index is 5.90. The van der Waals surface area contributed by atoms with Crippen LogP contribution in [0.4, 0.5) is 11.6 Å². The van der Waals surface area contributed by atoms with Crippen molar-refractivity contribution in [1.82, 2.24) is 9.97 Å². The molecule has 0 bridgehead atoms. The summed E-state index contributed by atoms with van der Waals surface area (Å²) in [5.41, 5.74) is 7.99. The van der Waals surface area contributed by atoms with Gasteiger partial charge in [0, 0.05) is 19.2 Å². The van der Waals surface area contributed by atoms with Crippen molar-refractivity contribution in [2.45, 2.75) is 20.4 Å². The quantitative estimate of drug-likeness (QED) is 0.925. The molecule has 0 saturated carbocycles. The van der Waals surface area contributed by atoms with Gasteiger partial charge in [-0.2, -0.15) is 0 Å². The minimum atomic E-state index is 0.536. The lowest BCUT2D eigenvalue weighted by molar-refractivity contribution is 0.414. The average molecular weight is 272 g/mol. The third-order valence-electron chi connectivity index (χ3n) is 3.21. The molecule has 0 aliphatic rings. The lowest BCUT2D eigenvalue weighted by Crippen LogP contribution is -2.20. The maximum Gasteiger partial charge on any atom is 0.137 e. The van der Waals surface area contributed by atoms with Crippen molar-refractivity contribution < 1.29 is 4.74 Å². The number of hydrogen-bond acceptors (Lipinski definition) is 5. The van der Waals surface area contributed by atoms with Gasteiger partial charge in [-0.05, 0) is 31.5 Å². The second-order valence-electron chi connectivity index (χ2n) is 4.81. The van der Waals surface area contributed by atoms with Crippen LogP contribution in [0.25, 0.3) is 0 Å². The third-order valence-corrected chi connectivity index (χ3v) is 3.21. The number of aryl methyl sites for hydroxylation is 1. The van der Waals surface area contributed by atoms with E-state index in [0.29, 0.717) is 11.6 Å². The summed E-state index contributed by atoms with van der Waals surface area (Å²) in [6, 6.07) is 8.00. The lowest BCUT2D eigenvalue weighted by atomic mass is 10.2. The molecule has 0 fully saturated rings. The van der Waals surface area contributed by atoms with Gasteiger partial charge in [0.1, 0.15) is 23.2 Å². The minimum Gasteiger partial charge on any atom is -0.497 e. The first-order valence-electron chi connectivity index (χ1n) is 6.46. The summed E-state index contributed by atoms with van der Waals surface area (Å²) in [6.07, 6.45) is 0. The van der Waals surface area contributed by atoms with E-state index in [0.717, 1.165) is 23.7 Å². The molecule has 2 N–H and O–H groups in total. The predicted molar refractivity (Wildman–Crippen MR) is 81.0 cm³/mol. The van der Waals surface area contributed by atoms with Crippen LogP contribution in [0, 0.1) is 13.8 Å². The highest BCUT2D eigenvalue weighted by molar-refractivity contribution is 5.56. The van der Waals surface area contributed by atoms with Crippen molar-refractivity contribution in [2.75, 3.05) is 24.8 Å². The summed E-state index contributed by atoms with van der Waals surface area (Å²) in [4.78, 5) is 10.7. The van der Waals surface area contributed by atoms with E-state index >= 15 is 0 Å². The molecule has 1 aromatic carbocycles. The first-order chi connectivity index (χ1) is 9.51. The fourth-order valence-electron chi connectivity index (χ4n) is 2.09. The van der Waals surface area contributed by atoms with Gasteiger partial charge in [0.05, 0.1) is 7.11 Å². The Morgan fingerprint density at radius 2 is 1.80 bits per heavy atom. The van der Waals surface area contributed by atoms with Crippen molar-refractivity contribution in [3.05, 3.63) is 41.2 Å². The number of nitrogens with zero attached hydrogens (tertiary/aromatic N) is 3. The van der Waals surface area contributed by atoms with Crippen molar-refractivity contribution >= 4 is 11.6 Å². The fraction of sp³-hybridized carbons (Fsp3) is 0.333. The van der Waals surface area contributed by atoms with Gasteiger partial charge < -0.3 is 15.4 Å². The highest BCUT2D eigenvalue weighted by Gasteiger charge is 2.11. The van der Waals surface area contributed by atoms with Crippen LogP contribution in [0.5, 0.6) is 5.75 Å². The van der Waals surface area contributed by atoms with E-state index in [9.17, 15) is 0 Å². The molecule has 106 valence electrons. The molecule has 0 radical (unpaired) electrons. The van der Waals surface area contributed by atoms with Crippen LogP contribution in [0.1, 0.15) is 17.0 Å². The van der Waals surface area contributed by atoms with Crippen LogP contribution in [-0.2, 0) is 6.54 Å².